The van der Waals surface area contributed by atoms with Crippen molar-refractivity contribution in [2.75, 3.05) is 20.3 Å². The van der Waals surface area contributed by atoms with Gasteiger partial charge in [0.1, 0.15) is 6.61 Å². The lowest BCUT2D eigenvalue weighted by Crippen LogP contribution is -2.14. The van der Waals surface area contributed by atoms with Crippen LogP contribution in [-0.4, -0.2) is 26.3 Å². The minimum atomic E-state index is -0.359. The summed E-state index contributed by atoms with van der Waals surface area (Å²) in [7, 11) is 1.56. The maximum atomic E-state index is 11.3. The summed E-state index contributed by atoms with van der Waals surface area (Å²) in [5.41, 5.74) is 3.06. The topological polar surface area (TPSA) is 35.5 Å². The summed E-state index contributed by atoms with van der Waals surface area (Å²) >= 11 is 0. The van der Waals surface area contributed by atoms with Gasteiger partial charge >= 0.3 is 5.97 Å². The van der Waals surface area contributed by atoms with Crippen LogP contribution in [-0.2, 0) is 14.3 Å². The maximum absolute atomic E-state index is 11.3. The molecular weight excluding hydrogens is 168 g/mol. The second kappa shape index (κ2) is 6.46. The first-order chi connectivity index (χ1) is 6.13. The summed E-state index contributed by atoms with van der Waals surface area (Å²) in [6.07, 6.45) is 0. The van der Waals surface area contributed by atoms with Crippen LogP contribution in [0.25, 0.3) is 0 Å². The van der Waals surface area contributed by atoms with Gasteiger partial charge in [0, 0.05) is 7.11 Å². The second-order valence-electron chi connectivity index (χ2n) is 2.87. The molecule has 13 heavy (non-hydrogen) atoms. The molecule has 0 spiro atoms. The Kier molecular flexibility index (Phi) is 5.94. The Labute approximate surface area is 79.0 Å². The lowest BCUT2D eigenvalue weighted by Gasteiger charge is -2.08. The molecule has 0 aliphatic carbocycles. The lowest BCUT2D eigenvalue weighted by molar-refractivity contribution is -0.140. The Morgan fingerprint density at radius 2 is 2.08 bits per heavy atom. The first-order valence-corrected chi connectivity index (χ1v) is 4.19. The molecule has 0 amide bonds. The number of rotatable bonds is 5. The van der Waals surface area contributed by atoms with Crippen LogP contribution in [0.1, 0.15) is 13.8 Å². The van der Waals surface area contributed by atoms with Gasteiger partial charge in [-0.05, 0) is 5.92 Å². The predicted molar refractivity (Wildman–Crippen MR) is 50.3 cm³/mol. The normalized spacial score (nSPS) is 9.54. The Morgan fingerprint density at radius 3 is 2.46 bits per heavy atom. The zero-order valence-corrected chi connectivity index (χ0v) is 8.42. The van der Waals surface area contributed by atoms with Crippen molar-refractivity contribution in [2.45, 2.75) is 13.8 Å². The molecule has 0 aromatic carbocycles. The van der Waals surface area contributed by atoms with E-state index in [2.05, 4.69) is 12.3 Å². The quantitative estimate of drug-likeness (QED) is 0.281. The second-order valence-corrected chi connectivity index (χ2v) is 2.87. The number of hydrogen-bond acceptors (Lipinski definition) is 3. The number of carbonyl (C=O) groups is 1. The molecule has 0 aliphatic rings. The van der Waals surface area contributed by atoms with E-state index in [-0.39, 0.29) is 18.5 Å². The van der Waals surface area contributed by atoms with Crippen molar-refractivity contribution in [3.8, 4) is 0 Å². The van der Waals surface area contributed by atoms with Gasteiger partial charge in [0.05, 0.1) is 12.2 Å². The molecule has 74 valence electrons. The molecule has 3 nitrogen and oxygen atoms in total. The third-order valence-electron chi connectivity index (χ3n) is 1.51. The summed E-state index contributed by atoms with van der Waals surface area (Å²) < 4.78 is 9.64. The summed E-state index contributed by atoms with van der Waals surface area (Å²) in [6.45, 7) is 7.91. The van der Waals surface area contributed by atoms with Gasteiger partial charge in [-0.15, -0.1) is 5.73 Å². The van der Waals surface area contributed by atoms with Crippen molar-refractivity contribution in [3.05, 3.63) is 17.9 Å². The minimum absolute atomic E-state index is 0.0903. The molecule has 3 heteroatoms. The van der Waals surface area contributed by atoms with E-state index in [1.54, 1.807) is 7.11 Å². The maximum Gasteiger partial charge on any atom is 0.342 e. The fourth-order valence-corrected chi connectivity index (χ4v) is 0.807. The summed E-state index contributed by atoms with van der Waals surface area (Å²) in [6, 6.07) is 0. The molecule has 0 fully saturated rings. The molecule has 0 saturated heterocycles. The first kappa shape index (κ1) is 11.9. The van der Waals surface area contributed by atoms with Gasteiger partial charge in [0.2, 0.25) is 0 Å². The highest BCUT2D eigenvalue weighted by atomic mass is 16.6. The van der Waals surface area contributed by atoms with E-state index < -0.39 is 0 Å². The van der Waals surface area contributed by atoms with Gasteiger partial charge in [-0.25, -0.2) is 4.79 Å². The smallest absolute Gasteiger partial charge is 0.342 e. The molecule has 0 unspecified atom stereocenters. The zero-order chi connectivity index (χ0) is 10.3. The van der Waals surface area contributed by atoms with Gasteiger partial charge in [-0.3, -0.25) is 0 Å². The molecule has 0 N–H and O–H groups in total. The van der Waals surface area contributed by atoms with Crippen molar-refractivity contribution in [1.29, 1.82) is 0 Å². The van der Waals surface area contributed by atoms with Crippen LogP contribution >= 0.6 is 0 Å². The Balaban J connectivity index is 4.02. The van der Waals surface area contributed by atoms with Crippen molar-refractivity contribution in [2.24, 2.45) is 5.92 Å². The lowest BCUT2D eigenvalue weighted by atomic mass is 10.1. The Morgan fingerprint density at radius 1 is 1.46 bits per heavy atom. The fourth-order valence-electron chi connectivity index (χ4n) is 0.807. The van der Waals surface area contributed by atoms with Gasteiger partial charge in [-0.2, -0.15) is 0 Å². The molecule has 0 aromatic rings. The zero-order valence-electron chi connectivity index (χ0n) is 8.42. The number of methoxy groups -OCH3 is 1. The number of esters is 1. The third kappa shape index (κ3) is 4.51. The molecule has 0 bridgehead atoms. The van der Waals surface area contributed by atoms with E-state index in [9.17, 15) is 4.79 Å². The monoisotopic (exact) mass is 184 g/mol. The van der Waals surface area contributed by atoms with Gasteiger partial charge in [-0.1, -0.05) is 20.4 Å². The Hall–Kier alpha value is -1.05. The molecule has 0 aliphatic heterocycles. The van der Waals surface area contributed by atoms with Crippen LogP contribution in [0, 0.1) is 5.92 Å². The van der Waals surface area contributed by atoms with E-state index in [4.69, 9.17) is 9.47 Å². The molecular formula is C10H16O3. The predicted octanol–water partition coefficient (Wildman–Crippen LogP) is 1.54. The van der Waals surface area contributed by atoms with Gasteiger partial charge in [0.25, 0.3) is 0 Å². The molecule has 0 rings (SSSR count). The van der Waals surface area contributed by atoms with Crippen LogP contribution in [0.3, 0.4) is 0 Å². The van der Waals surface area contributed by atoms with E-state index in [1.807, 2.05) is 13.8 Å². The highest BCUT2D eigenvalue weighted by Crippen LogP contribution is 2.09. The van der Waals surface area contributed by atoms with Gasteiger partial charge in [0.15, 0.2) is 0 Å². The first-order valence-electron chi connectivity index (χ1n) is 4.19. The largest absolute Gasteiger partial charge is 0.459 e. The highest BCUT2D eigenvalue weighted by Gasteiger charge is 2.13. The van der Waals surface area contributed by atoms with Gasteiger partial charge < -0.3 is 9.47 Å². The van der Waals surface area contributed by atoms with E-state index in [0.717, 1.165) is 0 Å². The Bertz CT molecular complexity index is 212. The SMILES string of the molecule is C=C=C(C(=O)OCCOC)C(C)C. The van der Waals surface area contributed by atoms with E-state index in [1.165, 1.54) is 0 Å². The van der Waals surface area contributed by atoms with Crippen LogP contribution in [0.15, 0.2) is 17.9 Å². The average molecular weight is 184 g/mol. The van der Waals surface area contributed by atoms with Crippen LogP contribution in [0.4, 0.5) is 0 Å². The molecule has 0 saturated carbocycles. The van der Waals surface area contributed by atoms with E-state index in [0.29, 0.717) is 12.2 Å². The van der Waals surface area contributed by atoms with Crippen LogP contribution in [0.2, 0.25) is 0 Å². The standard InChI is InChI=1S/C10H16O3/c1-5-9(8(2)3)10(11)13-7-6-12-4/h8H,1,6-7H2,2-4H3. The third-order valence-corrected chi connectivity index (χ3v) is 1.51. The van der Waals surface area contributed by atoms with Crippen LogP contribution < -0.4 is 0 Å². The van der Waals surface area contributed by atoms with Crippen molar-refractivity contribution < 1.29 is 14.3 Å². The molecule has 0 aromatic heterocycles. The van der Waals surface area contributed by atoms with E-state index >= 15 is 0 Å². The van der Waals surface area contributed by atoms with Crippen molar-refractivity contribution in [3.63, 3.8) is 0 Å². The summed E-state index contributed by atoms with van der Waals surface area (Å²) in [5, 5.41) is 0. The number of ether oxygens (including phenoxy) is 2. The van der Waals surface area contributed by atoms with Crippen molar-refractivity contribution in [1.82, 2.24) is 0 Å². The minimum Gasteiger partial charge on any atom is -0.459 e. The highest BCUT2D eigenvalue weighted by molar-refractivity contribution is 5.88. The molecule has 0 atom stereocenters. The molecule has 0 radical (unpaired) electrons. The number of hydrogen-bond donors (Lipinski definition) is 0. The summed E-state index contributed by atoms with van der Waals surface area (Å²) in [4.78, 5) is 11.3. The van der Waals surface area contributed by atoms with Crippen LogP contribution in [0.5, 0.6) is 0 Å². The van der Waals surface area contributed by atoms with Crippen molar-refractivity contribution >= 4 is 5.97 Å². The number of carbonyl (C=O) groups excluding carboxylic acids is 1. The fraction of sp³-hybridized carbons (Fsp3) is 0.600. The summed E-state index contributed by atoms with van der Waals surface area (Å²) in [5.74, 6) is -0.269. The molecule has 0 heterocycles. The average Bonchev–Trinajstić information content (AvgIpc) is 2.05.